The van der Waals surface area contributed by atoms with Crippen LogP contribution in [0, 0.1) is 5.82 Å². The fourth-order valence-electron chi connectivity index (χ4n) is 2.09. The Bertz CT molecular complexity index is 611. The fourth-order valence-corrected chi connectivity index (χ4v) is 2.24. The molecule has 0 heterocycles. The molecular weight excluding hydrogens is 293 g/mol. The predicted octanol–water partition coefficient (Wildman–Crippen LogP) is 3.74. The molecule has 21 heavy (non-hydrogen) atoms. The summed E-state index contributed by atoms with van der Waals surface area (Å²) < 4.78 is 24.2. The maximum absolute atomic E-state index is 13.8. The van der Waals surface area contributed by atoms with E-state index < -0.39 is 0 Å². The zero-order valence-corrected chi connectivity index (χ0v) is 12.7. The molecule has 0 aliphatic carbocycles. The lowest BCUT2D eigenvalue weighted by molar-refractivity contribution is 0.392. The van der Waals surface area contributed by atoms with Crippen molar-refractivity contribution in [2.75, 3.05) is 14.2 Å². The van der Waals surface area contributed by atoms with Gasteiger partial charge in [-0.3, -0.25) is 0 Å². The van der Waals surface area contributed by atoms with Gasteiger partial charge in [0.2, 0.25) is 0 Å². The molecule has 0 aliphatic rings. The van der Waals surface area contributed by atoms with Gasteiger partial charge in [0.1, 0.15) is 17.3 Å². The van der Waals surface area contributed by atoms with Crippen molar-refractivity contribution in [3.8, 4) is 11.5 Å². The molecule has 0 radical (unpaired) electrons. The molecule has 0 spiro atoms. The zero-order valence-electron chi connectivity index (χ0n) is 11.9. The number of rotatable bonds is 5. The summed E-state index contributed by atoms with van der Waals surface area (Å²) in [6.45, 7) is 0. The van der Waals surface area contributed by atoms with E-state index in [1.54, 1.807) is 32.4 Å². The van der Waals surface area contributed by atoms with Gasteiger partial charge in [-0.1, -0.05) is 17.7 Å². The standard InChI is InChI=1S/C16H17ClFNO2/c1-20-13-5-11(6-14(9-13)21-2)16(19)7-10-3-4-12(17)8-15(10)18/h3-6,8-9,16H,7,19H2,1-2H3. The van der Waals surface area contributed by atoms with Gasteiger partial charge in [-0.2, -0.15) is 0 Å². The molecule has 1 atom stereocenters. The average molecular weight is 310 g/mol. The maximum Gasteiger partial charge on any atom is 0.127 e. The Morgan fingerprint density at radius 1 is 1.10 bits per heavy atom. The molecule has 0 amide bonds. The normalized spacial score (nSPS) is 12.0. The van der Waals surface area contributed by atoms with E-state index in [0.29, 0.717) is 28.5 Å². The van der Waals surface area contributed by atoms with Crippen molar-refractivity contribution in [3.63, 3.8) is 0 Å². The minimum Gasteiger partial charge on any atom is -0.497 e. The van der Waals surface area contributed by atoms with Gasteiger partial charge in [0.05, 0.1) is 14.2 Å². The molecule has 3 nitrogen and oxygen atoms in total. The monoisotopic (exact) mass is 309 g/mol. The number of methoxy groups -OCH3 is 2. The van der Waals surface area contributed by atoms with Crippen molar-refractivity contribution in [2.45, 2.75) is 12.5 Å². The molecule has 0 bridgehead atoms. The minimum atomic E-state index is -0.371. The second kappa shape index (κ2) is 6.78. The average Bonchev–Trinajstić information content (AvgIpc) is 2.49. The summed E-state index contributed by atoms with van der Waals surface area (Å²) in [5.41, 5.74) is 7.51. The fraction of sp³-hybridized carbons (Fsp3) is 0.250. The van der Waals surface area contributed by atoms with Crippen molar-refractivity contribution in [1.82, 2.24) is 0 Å². The van der Waals surface area contributed by atoms with Gasteiger partial charge in [0.15, 0.2) is 0 Å². The highest BCUT2D eigenvalue weighted by molar-refractivity contribution is 6.30. The van der Waals surface area contributed by atoms with Gasteiger partial charge in [0.25, 0.3) is 0 Å². The Morgan fingerprint density at radius 2 is 1.71 bits per heavy atom. The smallest absolute Gasteiger partial charge is 0.127 e. The highest BCUT2D eigenvalue weighted by Gasteiger charge is 2.13. The van der Waals surface area contributed by atoms with Crippen LogP contribution in [0.3, 0.4) is 0 Å². The molecule has 1 unspecified atom stereocenters. The first kappa shape index (κ1) is 15.6. The van der Waals surface area contributed by atoms with Crippen LogP contribution in [0.2, 0.25) is 5.02 Å². The van der Waals surface area contributed by atoms with E-state index in [4.69, 9.17) is 26.8 Å². The molecule has 0 aliphatic heterocycles. The van der Waals surface area contributed by atoms with Gasteiger partial charge >= 0.3 is 0 Å². The molecule has 2 N–H and O–H groups in total. The number of halogens is 2. The Balaban J connectivity index is 2.25. The molecule has 0 fully saturated rings. The van der Waals surface area contributed by atoms with Gasteiger partial charge in [0, 0.05) is 17.1 Å². The molecule has 2 aromatic rings. The predicted molar refractivity (Wildman–Crippen MR) is 81.6 cm³/mol. The van der Waals surface area contributed by atoms with E-state index in [1.807, 2.05) is 12.1 Å². The number of hydrogen-bond acceptors (Lipinski definition) is 3. The number of hydrogen-bond donors (Lipinski definition) is 1. The van der Waals surface area contributed by atoms with E-state index in [-0.39, 0.29) is 11.9 Å². The van der Waals surface area contributed by atoms with Crippen LogP contribution >= 0.6 is 11.6 Å². The van der Waals surface area contributed by atoms with Crippen LogP contribution in [0.15, 0.2) is 36.4 Å². The summed E-state index contributed by atoms with van der Waals surface area (Å²) in [5.74, 6) is 0.945. The maximum atomic E-state index is 13.8. The van der Waals surface area contributed by atoms with Crippen LogP contribution in [-0.2, 0) is 6.42 Å². The van der Waals surface area contributed by atoms with E-state index >= 15 is 0 Å². The highest BCUT2D eigenvalue weighted by Crippen LogP contribution is 2.28. The van der Waals surface area contributed by atoms with Gasteiger partial charge in [-0.15, -0.1) is 0 Å². The van der Waals surface area contributed by atoms with E-state index in [0.717, 1.165) is 5.56 Å². The third kappa shape index (κ3) is 3.86. The first-order chi connectivity index (χ1) is 10.0. The first-order valence-corrected chi connectivity index (χ1v) is 6.83. The van der Waals surface area contributed by atoms with Gasteiger partial charge in [-0.25, -0.2) is 4.39 Å². The molecule has 0 aromatic heterocycles. The first-order valence-electron chi connectivity index (χ1n) is 6.46. The number of nitrogens with two attached hydrogens (primary N) is 1. The second-order valence-corrected chi connectivity index (χ2v) is 5.13. The van der Waals surface area contributed by atoms with Gasteiger partial charge < -0.3 is 15.2 Å². The van der Waals surface area contributed by atoms with Crippen LogP contribution in [0.5, 0.6) is 11.5 Å². The molecule has 0 saturated heterocycles. The number of ether oxygens (including phenoxy) is 2. The molecule has 2 aromatic carbocycles. The lowest BCUT2D eigenvalue weighted by Gasteiger charge is -2.15. The van der Waals surface area contributed by atoms with Gasteiger partial charge in [-0.05, 0) is 41.8 Å². The Labute approximate surface area is 128 Å². The third-order valence-electron chi connectivity index (χ3n) is 3.26. The van der Waals surface area contributed by atoms with Crippen LogP contribution in [0.1, 0.15) is 17.2 Å². The Hall–Kier alpha value is -1.78. The topological polar surface area (TPSA) is 44.5 Å². The van der Waals surface area contributed by atoms with E-state index in [1.165, 1.54) is 6.07 Å². The van der Waals surface area contributed by atoms with Crippen molar-refractivity contribution in [1.29, 1.82) is 0 Å². The largest absolute Gasteiger partial charge is 0.497 e. The minimum absolute atomic E-state index is 0.354. The summed E-state index contributed by atoms with van der Waals surface area (Å²) in [6, 6.07) is 9.62. The van der Waals surface area contributed by atoms with Crippen molar-refractivity contribution < 1.29 is 13.9 Å². The Morgan fingerprint density at radius 3 is 2.24 bits per heavy atom. The summed E-state index contributed by atoms with van der Waals surface area (Å²) in [7, 11) is 3.14. The zero-order chi connectivity index (χ0) is 15.4. The lowest BCUT2D eigenvalue weighted by Crippen LogP contribution is -2.14. The van der Waals surface area contributed by atoms with Crippen LogP contribution in [0.25, 0.3) is 0 Å². The summed E-state index contributed by atoms with van der Waals surface area (Å²) in [4.78, 5) is 0. The molecule has 5 heteroatoms. The van der Waals surface area contributed by atoms with Crippen LogP contribution in [-0.4, -0.2) is 14.2 Å². The second-order valence-electron chi connectivity index (χ2n) is 4.69. The third-order valence-corrected chi connectivity index (χ3v) is 3.49. The lowest BCUT2D eigenvalue weighted by atomic mass is 9.99. The van der Waals surface area contributed by atoms with Crippen molar-refractivity contribution in [3.05, 3.63) is 58.4 Å². The highest BCUT2D eigenvalue weighted by atomic mass is 35.5. The molecule has 2 rings (SSSR count). The van der Waals surface area contributed by atoms with Crippen LogP contribution in [0.4, 0.5) is 4.39 Å². The summed E-state index contributed by atoms with van der Waals surface area (Å²) in [6.07, 6.45) is 0.360. The van der Waals surface area contributed by atoms with E-state index in [9.17, 15) is 4.39 Å². The van der Waals surface area contributed by atoms with E-state index in [2.05, 4.69) is 0 Å². The van der Waals surface area contributed by atoms with Crippen molar-refractivity contribution in [2.24, 2.45) is 5.73 Å². The Kier molecular flexibility index (Phi) is 5.04. The van der Waals surface area contributed by atoms with Crippen molar-refractivity contribution >= 4 is 11.6 Å². The quantitative estimate of drug-likeness (QED) is 0.915. The molecule has 0 saturated carbocycles. The number of benzene rings is 2. The SMILES string of the molecule is COc1cc(OC)cc(C(N)Cc2ccc(Cl)cc2F)c1. The molecular formula is C16H17ClFNO2. The summed E-state index contributed by atoms with van der Waals surface area (Å²) in [5, 5.41) is 0.368. The summed E-state index contributed by atoms with van der Waals surface area (Å²) >= 11 is 5.75. The van der Waals surface area contributed by atoms with Crippen LogP contribution < -0.4 is 15.2 Å². The molecule has 112 valence electrons.